The summed E-state index contributed by atoms with van der Waals surface area (Å²) in [5, 5.41) is 4.16. The van der Waals surface area contributed by atoms with Crippen molar-refractivity contribution in [2.24, 2.45) is 0 Å². The molecule has 0 amide bonds. The fraction of sp³-hybridized carbons (Fsp3) is 0.111. The zero-order valence-electron chi connectivity index (χ0n) is 7.16. The molecule has 2 rings (SSSR count). The Morgan fingerprint density at radius 2 is 2.31 bits per heavy atom. The first-order valence-corrected chi connectivity index (χ1v) is 4.62. The van der Waals surface area contributed by atoms with E-state index in [4.69, 9.17) is 0 Å². The lowest BCUT2D eigenvalue weighted by Gasteiger charge is -1.96. The van der Waals surface area contributed by atoms with E-state index in [9.17, 15) is 0 Å². The molecule has 0 N–H and O–H groups in total. The van der Waals surface area contributed by atoms with Crippen molar-refractivity contribution in [1.29, 1.82) is 0 Å². The van der Waals surface area contributed by atoms with Crippen molar-refractivity contribution in [3.8, 4) is 0 Å². The smallest absolute Gasteiger partial charge is 0.162 e. The zero-order valence-corrected chi connectivity index (χ0v) is 8.74. The van der Waals surface area contributed by atoms with Gasteiger partial charge in [0.05, 0.1) is 10.7 Å². The van der Waals surface area contributed by atoms with Crippen molar-refractivity contribution in [2.45, 2.75) is 6.92 Å². The number of hydrogen-bond donors (Lipinski definition) is 0. The van der Waals surface area contributed by atoms with Crippen molar-refractivity contribution in [3.05, 3.63) is 35.2 Å². The standard InChI is InChI=1S/C9H8BrN3/c1-6(2)8-4-12-13-5-7(10)3-11-9(8)13/h3-5H,1H2,2H3. The Morgan fingerprint density at radius 1 is 1.54 bits per heavy atom. The summed E-state index contributed by atoms with van der Waals surface area (Å²) in [5.41, 5.74) is 2.81. The van der Waals surface area contributed by atoms with Gasteiger partial charge in [-0.25, -0.2) is 9.50 Å². The number of aromatic nitrogens is 3. The minimum atomic E-state index is 0.843. The minimum Gasteiger partial charge on any atom is -0.235 e. The molecule has 3 nitrogen and oxygen atoms in total. The molecule has 0 atom stereocenters. The van der Waals surface area contributed by atoms with Crippen molar-refractivity contribution in [3.63, 3.8) is 0 Å². The summed E-state index contributed by atoms with van der Waals surface area (Å²) in [7, 11) is 0. The Bertz CT molecular complexity index is 473. The first-order valence-electron chi connectivity index (χ1n) is 3.83. The van der Waals surface area contributed by atoms with Gasteiger partial charge in [-0.15, -0.1) is 0 Å². The Hall–Kier alpha value is -1.16. The molecule has 0 radical (unpaired) electrons. The zero-order chi connectivity index (χ0) is 9.42. The van der Waals surface area contributed by atoms with Crippen LogP contribution < -0.4 is 0 Å². The topological polar surface area (TPSA) is 30.2 Å². The summed E-state index contributed by atoms with van der Waals surface area (Å²) in [5.74, 6) is 0. The van der Waals surface area contributed by atoms with Gasteiger partial charge in [0, 0.05) is 18.0 Å². The average Bonchev–Trinajstić information content (AvgIpc) is 2.46. The van der Waals surface area contributed by atoms with Crippen molar-refractivity contribution in [2.75, 3.05) is 0 Å². The monoisotopic (exact) mass is 237 g/mol. The van der Waals surface area contributed by atoms with E-state index in [2.05, 4.69) is 32.6 Å². The van der Waals surface area contributed by atoms with E-state index in [-0.39, 0.29) is 0 Å². The number of halogens is 1. The predicted molar refractivity (Wildman–Crippen MR) is 55.4 cm³/mol. The van der Waals surface area contributed by atoms with Gasteiger partial charge in [0.25, 0.3) is 0 Å². The molecule has 0 aliphatic rings. The summed E-state index contributed by atoms with van der Waals surface area (Å²) in [6.45, 7) is 5.81. The molecule has 0 aliphatic carbocycles. The maximum atomic E-state index is 4.25. The molecule has 0 aromatic carbocycles. The molecule has 4 heteroatoms. The van der Waals surface area contributed by atoms with Crippen LogP contribution >= 0.6 is 15.9 Å². The number of hydrogen-bond acceptors (Lipinski definition) is 2. The summed E-state index contributed by atoms with van der Waals surface area (Å²) >= 11 is 3.33. The van der Waals surface area contributed by atoms with Crippen LogP contribution in [0.3, 0.4) is 0 Å². The molecule has 66 valence electrons. The second-order valence-corrected chi connectivity index (χ2v) is 3.79. The van der Waals surface area contributed by atoms with E-state index in [1.807, 2.05) is 13.1 Å². The van der Waals surface area contributed by atoms with Gasteiger partial charge in [0.15, 0.2) is 5.65 Å². The van der Waals surface area contributed by atoms with E-state index in [0.29, 0.717) is 0 Å². The summed E-state index contributed by atoms with van der Waals surface area (Å²) in [4.78, 5) is 4.25. The highest BCUT2D eigenvalue weighted by Gasteiger charge is 2.05. The minimum absolute atomic E-state index is 0.843. The highest BCUT2D eigenvalue weighted by atomic mass is 79.9. The van der Waals surface area contributed by atoms with Crippen LogP contribution in [0.4, 0.5) is 0 Å². The molecular weight excluding hydrogens is 230 g/mol. The molecule has 13 heavy (non-hydrogen) atoms. The van der Waals surface area contributed by atoms with Gasteiger partial charge < -0.3 is 0 Å². The van der Waals surface area contributed by atoms with Crippen LogP contribution in [0.5, 0.6) is 0 Å². The Morgan fingerprint density at radius 3 is 3.00 bits per heavy atom. The van der Waals surface area contributed by atoms with Gasteiger partial charge in [0.1, 0.15) is 0 Å². The van der Waals surface area contributed by atoms with Gasteiger partial charge >= 0.3 is 0 Å². The van der Waals surface area contributed by atoms with Crippen molar-refractivity contribution in [1.82, 2.24) is 14.6 Å². The third-order valence-corrected chi connectivity index (χ3v) is 2.19. The fourth-order valence-corrected chi connectivity index (χ4v) is 1.45. The van der Waals surface area contributed by atoms with E-state index in [1.165, 1.54) is 0 Å². The average molecular weight is 238 g/mol. The Balaban J connectivity index is 2.76. The Kier molecular flexibility index (Phi) is 1.92. The third-order valence-electron chi connectivity index (χ3n) is 1.78. The maximum absolute atomic E-state index is 4.25. The summed E-state index contributed by atoms with van der Waals surface area (Å²) in [6, 6.07) is 0. The van der Waals surface area contributed by atoms with Crippen LogP contribution in [0.25, 0.3) is 11.2 Å². The molecule has 0 bridgehead atoms. The van der Waals surface area contributed by atoms with Gasteiger partial charge in [-0.05, 0) is 28.4 Å². The van der Waals surface area contributed by atoms with Crippen LogP contribution in [-0.2, 0) is 0 Å². The molecule has 0 unspecified atom stereocenters. The first-order chi connectivity index (χ1) is 6.18. The molecule has 0 saturated carbocycles. The van der Waals surface area contributed by atoms with E-state index in [1.54, 1.807) is 16.9 Å². The van der Waals surface area contributed by atoms with Crippen LogP contribution in [-0.4, -0.2) is 14.6 Å². The SMILES string of the molecule is C=C(C)c1cnn2cc(Br)cnc12. The van der Waals surface area contributed by atoms with Crippen LogP contribution in [0.2, 0.25) is 0 Å². The van der Waals surface area contributed by atoms with Crippen LogP contribution in [0.1, 0.15) is 12.5 Å². The lowest BCUT2D eigenvalue weighted by Crippen LogP contribution is -1.89. The second kappa shape index (κ2) is 2.96. The number of rotatable bonds is 1. The van der Waals surface area contributed by atoms with E-state index in [0.717, 1.165) is 21.3 Å². The van der Waals surface area contributed by atoms with Crippen molar-refractivity contribution >= 4 is 27.2 Å². The fourth-order valence-electron chi connectivity index (χ4n) is 1.15. The molecule has 0 aliphatic heterocycles. The molecule has 2 heterocycles. The van der Waals surface area contributed by atoms with E-state index < -0.39 is 0 Å². The molecular formula is C9H8BrN3. The predicted octanol–water partition coefficient (Wildman–Crippen LogP) is 2.52. The highest BCUT2D eigenvalue weighted by molar-refractivity contribution is 9.10. The largest absolute Gasteiger partial charge is 0.235 e. The van der Waals surface area contributed by atoms with Gasteiger partial charge in [-0.1, -0.05) is 6.58 Å². The number of fused-ring (bicyclic) bond motifs is 1. The number of nitrogens with zero attached hydrogens (tertiary/aromatic N) is 3. The lowest BCUT2D eigenvalue weighted by molar-refractivity contribution is 0.933. The first kappa shape index (κ1) is 8.44. The van der Waals surface area contributed by atoms with Gasteiger partial charge in [-0.3, -0.25) is 0 Å². The normalized spacial score (nSPS) is 10.6. The molecule has 0 saturated heterocycles. The van der Waals surface area contributed by atoms with Crippen molar-refractivity contribution < 1.29 is 0 Å². The third kappa shape index (κ3) is 1.37. The Labute approximate surface area is 84.2 Å². The molecule has 2 aromatic heterocycles. The summed E-state index contributed by atoms with van der Waals surface area (Å²) in [6.07, 6.45) is 5.40. The maximum Gasteiger partial charge on any atom is 0.162 e. The van der Waals surface area contributed by atoms with Gasteiger partial charge in [-0.2, -0.15) is 5.10 Å². The van der Waals surface area contributed by atoms with E-state index >= 15 is 0 Å². The van der Waals surface area contributed by atoms with Crippen LogP contribution in [0, 0.1) is 0 Å². The number of allylic oxidation sites excluding steroid dienone is 1. The molecule has 0 spiro atoms. The summed E-state index contributed by atoms with van der Waals surface area (Å²) < 4.78 is 2.64. The highest BCUT2D eigenvalue weighted by Crippen LogP contribution is 2.17. The quantitative estimate of drug-likeness (QED) is 0.764. The lowest BCUT2D eigenvalue weighted by atomic mass is 10.2. The van der Waals surface area contributed by atoms with Gasteiger partial charge in [0.2, 0.25) is 0 Å². The molecule has 2 aromatic rings. The molecule has 0 fully saturated rings. The second-order valence-electron chi connectivity index (χ2n) is 2.88. The van der Waals surface area contributed by atoms with Crippen LogP contribution in [0.15, 0.2) is 29.6 Å².